The summed E-state index contributed by atoms with van der Waals surface area (Å²) < 4.78 is 35.9. The lowest BCUT2D eigenvalue weighted by atomic mass is 10.1. The van der Waals surface area contributed by atoms with Gasteiger partial charge >= 0.3 is 0 Å². The Bertz CT molecular complexity index is 954. The van der Waals surface area contributed by atoms with E-state index in [4.69, 9.17) is 5.14 Å². The summed E-state index contributed by atoms with van der Waals surface area (Å²) in [5, 5.41) is 5.16. The van der Waals surface area contributed by atoms with Crippen molar-refractivity contribution in [2.45, 2.75) is 4.90 Å². The highest BCUT2D eigenvalue weighted by Gasteiger charge is 2.10. The Morgan fingerprint density at radius 3 is 2.09 bits per heavy atom. The van der Waals surface area contributed by atoms with Crippen molar-refractivity contribution < 1.29 is 12.8 Å². The van der Waals surface area contributed by atoms with Crippen molar-refractivity contribution in [1.29, 1.82) is 0 Å². The van der Waals surface area contributed by atoms with Gasteiger partial charge in [0.05, 0.1) is 16.3 Å². The van der Waals surface area contributed by atoms with Gasteiger partial charge in [-0.2, -0.15) is 0 Å². The topological polar surface area (TPSA) is 73.1 Å². The van der Waals surface area contributed by atoms with E-state index >= 15 is 0 Å². The van der Waals surface area contributed by atoms with Crippen LogP contribution in [0.4, 0.5) is 4.39 Å². The molecule has 23 heavy (non-hydrogen) atoms. The number of benzene rings is 2. The van der Waals surface area contributed by atoms with Crippen molar-refractivity contribution in [1.82, 2.24) is 4.98 Å². The molecule has 0 unspecified atom stereocenters. The van der Waals surface area contributed by atoms with Gasteiger partial charge in [-0.05, 0) is 48.5 Å². The lowest BCUT2D eigenvalue weighted by Gasteiger charge is -2.06. The van der Waals surface area contributed by atoms with E-state index in [1.54, 1.807) is 36.4 Å². The smallest absolute Gasteiger partial charge is 0.238 e. The third kappa shape index (κ3) is 3.44. The van der Waals surface area contributed by atoms with E-state index in [9.17, 15) is 12.8 Å². The first-order valence-corrected chi connectivity index (χ1v) is 8.34. The summed E-state index contributed by atoms with van der Waals surface area (Å²) in [6.07, 6.45) is 0. The highest BCUT2D eigenvalue weighted by atomic mass is 32.2. The molecule has 0 saturated carbocycles. The zero-order chi connectivity index (χ0) is 16.4. The second-order valence-corrected chi connectivity index (χ2v) is 6.55. The number of nitrogens with zero attached hydrogens (tertiary/aromatic N) is 1. The molecule has 3 rings (SSSR count). The molecule has 4 nitrogen and oxygen atoms in total. The summed E-state index contributed by atoms with van der Waals surface area (Å²) in [5.74, 6) is -0.314. The summed E-state index contributed by atoms with van der Waals surface area (Å²) in [5.41, 5.74) is 2.69. The predicted octanol–water partition coefficient (Wildman–Crippen LogP) is 3.20. The maximum Gasteiger partial charge on any atom is 0.238 e. The van der Waals surface area contributed by atoms with Gasteiger partial charge in [0.25, 0.3) is 0 Å². The fourth-order valence-electron chi connectivity index (χ4n) is 2.21. The van der Waals surface area contributed by atoms with Crippen LogP contribution in [0.5, 0.6) is 0 Å². The molecule has 6 heteroatoms. The third-order valence-electron chi connectivity index (χ3n) is 3.35. The first-order chi connectivity index (χ1) is 10.9. The first kappa shape index (κ1) is 15.3. The number of nitrogens with two attached hydrogens (primary N) is 1. The predicted molar refractivity (Wildman–Crippen MR) is 86.4 cm³/mol. The number of hydrogen-bond donors (Lipinski definition) is 1. The number of pyridine rings is 1. The van der Waals surface area contributed by atoms with E-state index < -0.39 is 10.0 Å². The summed E-state index contributed by atoms with van der Waals surface area (Å²) in [6, 6.07) is 17.7. The number of sulfonamides is 1. The van der Waals surface area contributed by atoms with Crippen LogP contribution in [0.3, 0.4) is 0 Å². The van der Waals surface area contributed by atoms with Gasteiger partial charge in [-0.15, -0.1) is 0 Å². The molecule has 2 aromatic carbocycles. The molecule has 0 aliphatic heterocycles. The van der Waals surface area contributed by atoms with E-state index in [-0.39, 0.29) is 10.7 Å². The third-order valence-corrected chi connectivity index (χ3v) is 4.26. The molecular formula is C17H13FN2O2S. The van der Waals surface area contributed by atoms with Crippen molar-refractivity contribution in [3.8, 4) is 22.5 Å². The molecule has 0 spiro atoms. The minimum absolute atomic E-state index is 0.0315. The van der Waals surface area contributed by atoms with E-state index in [0.29, 0.717) is 17.0 Å². The molecule has 0 aliphatic rings. The molecule has 1 aromatic heterocycles. The lowest BCUT2D eigenvalue weighted by molar-refractivity contribution is 0.598. The summed E-state index contributed by atoms with van der Waals surface area (Å²) >= 11 is 0. The molecule has 0 radical (unpaired) electrons. The van der Waals surface area contributed by atoms with Gasteiger partial charge in [0.2, 0.25) is 10.0 Å². The number of hydrogen-bond acceptors (Lipinski definition) is 3. The molecule has 0 atom stereocenters. The van der Waals surface area contributed by atoms with Gasteiger partial charge in [-0.1, -0.05) is 18.2 Å². The van der Waals surface area contributed by atoms with Gasteiger partial charge in [0, 0.05) is 11.1 Å². The van der Waals surface area contributed by atoms with E-state index in [1.807, 2.05) is 6.07 Å². The molecule has 0 aliphatic carbocycles. The van der Waals surface area contributed by atoms with Crippen molar-refractivity contribution in [3.63, 3.8) is 0 Å². The molecule has 116 valence electrons. The standard InChI is InChI=1S/C17H13FN2O2S/c18-14-9-7-12(8-10-14)16-5-2-6-17(20-16)13-3-1-4-15(11-13)23(19,21)22/h1-11H,(H2,19,21,22). The summed E-state index contributed by atoms with van der Waals surface area (Å²) in [4.78, 5) is 4.54. The van der Waals surface area contributed by atoms with E-state index in [1.165, 1.54) is 24.3 Å². The van der Waals surface area contributed by atoms with Crippen LogP contribution in [0.25, 0.3) is 22.5 Å². The Morgan fingerprint density at radius 1 is 0.826 bits per heavy atom. The van der Waals surface area contributed by atoms with Crippen molar-refractivity contribution in [3.05, 3.63) is 72.5 Å². The normalized spacial score (nSPS) is 11.4. The van der Waals surface area contributed by atoms with Crippen LogP contribution in [0, 0.1) is 5.82 Å². The second kappa shape index (κ2) is 5.91. The van der Waals surface area contributed by atoms with Crippen LogP contribution in [-0.2, 0) is 10.0 Å². The Hall–Kier alpha value is -2.57. The quantitative estimate of drug-likeness (QED) is 0.802. The van der Waals surface area contributed by atoms with Crippen molar-refractivity contribution >= 4 is 10.0 Å². The summed E-state index contributed by atoms with van der Waals surface area (Å²) in [6.45, 7) is 0. The van der Waals surface area contributed by atoms with Crippen LogP contribution < -0.4 is 5.14 Å². The van der Waals surface area contributed by atoms with Crippen LogP contribution in [0.1, 0.15) is 0 Å². The van der Waals surface area contributed by atoms with Crippen LogP contribution in [0.2, 0.25) is 0 Å². The van der Waals surface area contributed by atoms with Gasteiger partial charge in [-0.25, -0.2) is 22.9 Å². The maximum atomic E-state index is 13.0. The highest BCUT2D eigenvalue weighted by Crippen LogP contribution is 2.24. The Morgan fingerprint density at radius 2 is 1.43 bits per heavy atom. The SMILES string of the molecule is NS(=O)(=O)c1cccc(-c2cccc(-c3ccc(F)cc3)n2)c1. The monoisotopic (exact) mass is 328 g/mol. The molecule has 1 heterocycles. The second-order valence-electron chi connectivity index (χ2n) is 4.99. The number of halogens is 1. The summed E-state index contributed by atoms with van der Waals surface area (Å²) in [7, 11) is -3.77. The van der Waals surface area contributed by atoms with Gasteiger partial charge in [0.1, 0.15) is 5.82 Å². The first-order valence-electron chi connectivity index (χ1n) is 6.80. The molecule has 3 aromatic rings. The number of rotatable bonds is 3. The molecule has 0 saturated heterocycles. The molecule has 0 amide bonds. The van der Waals surface area contributed by atoms with Gasteiger partial charge in [0.15, 0.2) is 0 Å². The van der Waals surface area contributed by atoms with E-state index in [2.05, 4.69) is 4.98 Å². The van der Waals surface area contributed by atoms with Crippen LogP contribution in [-0.4, -0.2) is 13.4 Å². The highest BCUT2D eigenvalue weighted by molar-refractivity contribution is 7.89. The van der Waals surface area contributed by atoms with Crippen molar-refractivity contribution in [2.75, 3.05) is 0 Å². The fourth-order valence-corrected chi connectivity index (χ4v) is 2.77. The molecular weight excluding hydrogens is 315 g/mol. The Labute approximate surface area is 133 Å². The Balaban J connectivity index is 2.05. The van der Waals surface area contributed by atoms with Crippen LogP contribution >= 0.6 is 0 Å². The molecule has 0 fully saturated rings. The van der Waals surface area contributed by atoms with E-state index in [0.717, 1.165) is 5.56 Å². The zero-order valence-corrected chi connectivity index (χ0v) is 12.8. The van der Waals surface area contributed by atoms with Crippen molar-refractivity contribution in [2.24, 2.45) is 5.14 Å². The molecule has 0 bridgehead atoms. The fraction of sp³-hybridized carbons (Fsp3) is 0. The Kier molecular flexibility index (Phi) is 3.94. The maximum absolute atomic E-state index is 13.0. The minimum Gasteiger partial charge on any atom is -0.248 e. The van der Waals surface area contributed by atoms with Crippen LogP contribution in [0.15, 0.2) is 71.6 Å². The molecule has 2 N–H and O–H groups in total. The average Bonchev–Trinajstić information content (AvgIpc) is 2.55. The van der Waals surface area contributed by atoms with Gasteiger partial charge in [-0.3, -0.25) is 0 Å². The zero-order valence-electron chi connectivity index (χ0n) is 12.0. The average molecular weight is 328 g/mol. The number of primary sulfonamides is 1. The lowest BCUT2D eigenvalue weighted by Crippen LogP contribution is -2.11. The number of aromatic nitrogens is 1. The largest absolute Gasteiger partial charge is 0.248 e. The minimum atomic E-state index is -3.77. The van der Waals surface area contributed by atoms with Gasteiger partial charge < -0.3 is 0 Å².